The van der Waals surface area contributed by atoms with E-state index in [-0.39, 0.29) is 5.41 Å². The van der Waals surface area contributed by atoms with E-state index >= 15 is 0 Å². The summed E-state index contributed by atoms with van der Waals surface area (Å²) < 4.78 is 0. The first-order valence-corrected chi connectivity index (χ1v) is 6.99. The Hall–Kier alpha value is 0.0200. The molecule has 1 unspecified atom stereocenters. The molecular weight excluding hydrogens is 192 g/mol. The van der Waals surface area contributed by atoms with Crippen LogP contribution in [0, 0.1) is 5.41 Å². The van der Waals surface area contributed by atoms with E-state index in [0.29, 0.717) is 11.0 Å². The molecule has 0 amide bonds. The topological polar surface area (TPSA) is 17.1 Å². The van der Waals surface area contributed by atoms with Gasteiger partial charge in [-0.2, -0.15) is 11.8 Å². The molecule has 0 N–H and O–H groups in total. The molecule has 2 heteroatoms. The Morgan fingerprint density at radius 3 is 2.57 bits per heavy atom. The van der Waals surface area contributed by atoms with Gasteiger partial charge < -0.3 is 0 Å². The van der Waals surface area contributed by atoms with Crippen molar-refractivity contribution < 1.29 is 4.79 Å². The molecule has 1 nitrogen and oxygen atoms in total. The highest BCUT2D eigenvalue weighted by Gasteiger charge is 2.43. The fourth-order valence-electron chi connectivity index (χ4n) is 2.95. The number of thioether (sulfide) groups is 1. The van der Waals surface area contributed by atoms with Crippen molar-refractivity contribution in [2.45, 2.75) is 57.1 Å². The van der Waals surface area contributed by atoms with Gasteiger partial charge in [0, 0.05) is 5.41 Å². The Bertz CT molecular complexity index is 212. The van der Waals surface area contributed by atoms with Crippen molar-refractivity contribution in [3.8, 4) is 0 Å². The highest BCUT2D eigenvalue weighted by Crippen LogP contribution is 2.45. The molecule has 0 bridgehead atoms. The molecule has 1 heterocycles. The van der Waals surface area contributed by atoms with E-state index in [2.05, 4.69) is 6.92 Å². The molecule has 1 saturated carbocycles. The highest BCUT2D eigenvalue weighted by atomic mass is 32.2. The first-order valence-electron chi connectivity index (χ1n) is 5.94. The molecule has 0 spiro atoms. The van der Waals surface area contributed by atoms with Gasteiger partial charge in [0.1, 0.15) is 0 Å². The maximum atomic E-state index is 12.4. The minimum Gasteiger partial charge on any atom is -0.298 e. The molecule has 0 aromatic rings. The summed E-state index contributed by atoms with van der Waals surface area (Å²) in [5, 5.41) is 0.355. The van der Waals surface area contributed by atoms with Gasteiger partial charge >= 0.3 is 0 Å². The summed E-state index contributed by atoms with van der Waals surface area (Å²) in [7, 11) is 0. The average molecular weight is 212 g/mol. The lowest BCUT2D eigenvalue weighted by atomic mass is 9.77. The molecule has 1 atom stereocenters. The van der Waals surface area contributed by atoms with Crippen LogP contribution in [0.5, 0.6) is 0 Å². The van der Waals surface area contributed by atoms with Gasteiger partial charge in [-0.25, -0.2) is 0 Å². The van der Waals surface area contributed by atoms with Crippen molar-refractivity contribution in [2.24, 2.45) is 5.41 Å². The third kappa shape index (κ3) is 1.73. The van der Waals surface area contributed by atoms with E-state index in [1.165, 1.54) is 37.9 Å². The Morgan fingerprint density at radius 2 is 2.07 bits per heavy atom. The molecule has 2 fully saturated rings. The zero-order valence-corrected chi connectivity index (χ0v) is 9.87. The number of ketones is 1. The molecular formula is C12H20OS. The molecule has 1 aliphatic heterocycles. The van der Waals surface area contributed by atoms with E-state index in [1.807, 2.05) is 11.8 Å². The monoisotopic (exact) mass is 212 g/mol. The van der Waals surface area contributed by atoms with Gasteiger partial charge in [0.2, 0.25) is 0 Å². The van der Waals surface area contributed by atoms with Crippen LogP contribution in [-0.2, 0) is 4.79 Å². The van der Waals surface area contributed by atoms with Crippen LogP contribution in [0.25, 0.3) is 0 Å². The standard InChI is InChI=1S/C12H20OS/c1-2-12(7-3-4-8-12)11(13)10-6-5-9-14-10/h10H,2-9H2,1H3. The van der Waals surface area contributed by atoms with Crippen molar-refractivity contribution in [3.63, 3.8) is 0 Å². The molecule has 2 rings (SSSR count). The van der Waals surface area contributed by atoms with E-state index in [4.69, 9.17) is 0 Å². The molecule has 80 valence electrons. The molecule has 1 aliphatic carbocycles. The van der Waals surface area contributed by atoms with Crippen LogP contribution < -0.4 is 0 Å². The van der Waals surface area contributed by atoms with Gasteiger partial charge in [-0.15, -0.1) is 0 Å². The fourth-order valence-corrected chi connectivity index (χ4v) is 4.30. The molecule has 1 saturated heterocycles. The normalized spacial score (nSPS) is 30.8. The smallest absolute Gasteiger partial charge is 0.151 e. The predicted octanol–water partition coefficient (Wildman–Crippen LogP) is 3.42. The number of carbonyl (C=O) groups excluding carboxylic acids is 1. The minimum atomic E-state index is 0.0992. The Morgan fingerprint density at radius 1 is 1.36 bits per heavy atom. The maximum absolute atomic E-state index is 12.4. The fraction of sp³-hybridized carbons (Fsp3) is 0.917. The van der Waals surface area contributed by atoms with Crippen LogP contribution in [0.15, 0.2) is 0 Å². The Kier molecular flexibility index (Phi) is 3.20. The molecule has 0 aromatic carbocycles. The van der Waals surface area contributed by atoms with Crippen LogP contribution in [-0.4, -0.2) is 16.8 Å². The van der Waals surface area contributed by atoms with Crippen LogP contribution >= 0.6 is 11.8 Å². The van der Waals surface area contributed by atoms with E-state index in [9.17, 15) is 4.79 Å². The summed E-state index contributed by atoms with van der Waals surface area (Å²) in [5.41, 5.74) is 0.0992. The van der Waals surface area contributed by atoms with Crippen molar-refractivity contribution in [2.75, 3.05) is 5.75 Å². The molecule has 2 aliphatic rings. The zero-order chi connectivity index (χ0) is 10.0. The number of hydrogen-bond acceptors (Lipinski definition) is 2. The second-order valence-electron chi connectivity index (χ2n) is 4.71. The van der Waals surface area contributed by atoms with Gasteiger partial charge in [-0.05, 0) is 37.9 Å². The summed E-state index contributed by atoms with van der Waals surface area (Å²) in [5.74, 6) is 1.80. The summed E-state index contributed by atoms with van der Waals surface area (Å²) in [4.78, 5) is 12.4. The Labute approximate surface area is 91.0 Å². The number of Topliss-reactive ketones (excluding diaryl/α,β-unsaturated/α-hetero) is 1. The quantitative estimate of drug-likeness (QED) is 0.713. The largest absolute Gasteiger partial charge is 0.298 e. The third-order valence-corrected chi connectivity index (χ3v) is 5.36. The second kappa shape index (κ2) is 4.26. The van der Waals surface area contributed by atoms with Crippen LogP contribution in [0.3, 0.4) is 0 Å². The van der Waals surface area contributed by atoms with E-state index in [0.717, 1.165) is 12.8 Å². The van der Waals surface area contributed by atoms with Crippen LogP contribution in [0.2, 0.25) is 0 Å². The van der Waals surface area contributed by atoms with Crippen LogP contribution in [0.1, 0.15) is 51.9 Å². The SMILES string of the molecule is CCC1(C(=O)C2CCCS2)CCCC1. The lowest BCUT2D eigenvalue weighted by Crippen LogP contribution is -2.34. The van der Waals surface area contributed by atoms with Crippen molar-refractivity contribution in [3.05, 3.63) is 0 Å². The van der Waals surface area contributed by atoms with Gasteiger partial charge in [0.25, 0.3) is 0 Å². The summed E-state index contributed by atoms with van der Waals surface area (Å²) >= 11 is 1.90. The molecule has 0 radical (unpaired) electrons. The lowest BCUT2D eigenvalue weighted by Gasteiger charge is -2.28. The second-order valence-corrected chi connectivity index (χ2v) is 6.02. The maximum Gasteiger partial charge on any atom is 0.151 e. The highest BCUT2D eigenvalue weighted by molar-refractivity contribution is 8.00. The molecule has 14 heavy (non-hydrogen) atoms. The minimum absolute atomic E-state index is 0.0992. The lowest BCUT2D eigenvalue weighted by molar-refractivity contribution is -0.128. The van der Waals surface area contributed by atoms with Gasteiger partial charge in [0.15, 0.2) is 5.78 Å². The molecule has 0 aromatic heterocycles. The van der Waals surface area contributed by atoms with Gasteiger partial charge in [0.05, 0.1) is 5.25 Å². The van der Waals surface area contributed by atoms with Crippen molar-refractivity contribution >= 4 is 17.5 Å². The number of hydrogen-bond donors (Lipinski definition) is 0. The first kappa shape index (κ1) is 10.5. The van der Waals surface area contributed by atoms with Crippen molar-refractivity contribution in [1.82, 2.24) is 0 Å². The third-order valence-electron chi connectivity index (χ3n) is 3.98. The average Bonchev–Trinajstić information content (AvgIpc) is 2.89. The van der Waals surface area contributed by atoms with Crippen molar-refractivity contribution in [1.29, 1.82) is 0 Å². The van der Waals surface area contributed by atoms with E-state index < -0.39 is 0 Å². The van der Waals surface area contributed by atoms with Gasteiger partial charge in [-0.1, -0.05) is 19.8 Å². The number of rotatable bonds is 3. The summed E-state index contributed by atoms with van der Waals surface area (Å²) in [6, 6.07) is 0. The zero-order valence-electron chi connectivity index (χ0n) is 9.05. The first-order chi connectivity index (χ1) is 6.78. The van der Waals surface area contributed by atoms with Gasteiger partial charge in [-0.3, -0.25) is 4.79 Å². The van der Waals surface area contributed by atoms with E-state index in [1.54, 1.807) is 0 Å². The number of carbonyl (C=O) groups is 1. The predicted molar refractivity (Wildman–Crippen MR) is 61.7 cm³/mol. The Balaban J connectivity index is 2.06. The summed E-state index contributed by atoms with van der Waals surface area (Å²) in [6.45, 7) is 2.20. The summed E-state index contributed by atoms with van der Waals surface area (Å²) in [6.07, 6.45) is 8.35. The van der Waals surface area contributed by atoms with Crippen LogP contribution in [0.4, 0.5) is 0 Å².